The normalized spacial score (nSPS) is 18.0. The number of hydrogen-bond donors (Lipinski definition) is 2. The molecule has 0 radical (unpaired) electrons. The zero-order chi connectivity index (χ0) is 17.8. The standard InChI is InChI=1S/C22H25N3O/c1-16(17-6-3-2-4-7-17)25-19-10-9-18-11-13-24-22(21(18)14-19)26-15-20-8-5-12-23-20/h2-4,6-7,9-11,13-14,16,20,23,25H,5,8,12,15H2,1H3. The zero-order valence-corrected chi connectivity index (χ0v) is 15.1. The van der Waals surface area contributed by atoms with Gasteiger partial charge in [-0.25, -0.2) is 4.98 Å². The predicted octanol–water partition coefficient (Wildman–Crippen LogP) is 4.54. The summed E-state index contributed by atoms with van der Waals surface area (Å²) in [4.78, 5) is 4.47. The van der Waals surface area contributed by atoms with Crippen molar-refractivity contribution in [3.8, 4) is 5.88 Å². The van der Waals surface area contributed by atoms with Crippen LogP contribution in [0.5, 0.6) is 5.88 Å². The average molecular weight is 347 g/mol. The molecule has 1 aliphatic rings. The second-order valence-electron chi connectivity index (χ2n) is 6.93. The maximum absolute atomic E-state index is 6.05. The van der Waals surface area contributed by atoms with Crippen molar-refractivity contribution < 1.29 is 4.74 Å². The van der Waals surface area contributed by atoms with Crippen LogP contribution in [0.3, 0.4) is 0 Å². The molecule has 4 heteroatoms. The molecule has 1 saturated heterocycles. The molecule has 26 heavy (non-hydrogen) atoms. The molecular formula is C22H25N3O. The van der Waals surface area contributed by atoms with Crippen LogP contribution in [0.4, 0.5) is 5.69 Å². The van der Waals surface area contributed by atoms with E-state index in [0.29, 0.717) is 18.5 Å². The van der Waals surface area contributed by atoms with E-state index in [1.807, 2.05) is 18.3 Å². The third kappa shape index (κ3) is 3.81. The van der Waals surface area contributed by atoms with Gasteiger partial charge in [0, 0.05) is 29.4 Å². The Kier molecular flexibility index (Phi) is 5.02. The summed E-state index contributed by atoms with van der Waals surface area (Å²) in [5.41, 5.74) is 2.34. The fourth-order valence-electron chi connectivity index (χ4n) is 3.50. The number of ether oxygens (including phenoxy) is 1. The van der Waals surface area contributed by atoms with Gasteiger partial charge < -0.3 is 15.4 Å². The van der Waals surface area contributed by atoms with E-state index in [1.54, 1.807) is 0 Å². The Bertz CT molecular complexity index is 860. The van der Waals surface area contributed by atoms with Gasteiger partial charge in [-0.1, -0.05) is 36.4 Å². The predicted molar refractivity (Wildman–Crippen MR) is 107 cm³/mol. The van der Waals surface area contributed by atoms with Crippen molar-refractivity contribution in [1.82, 2.24) is 10.3 Å². The Morgan fingerprint density at radius 2 is 2.08 bits per heavy atom. The molecule has 3 aromatic rings. The van der Waals surface area contributed by atoms with E-state index in [9.17, 15) is 0 Å². The largest absolute Gasteiger partial charge is 0.476 e. The number of nitrogens with one attached hydrogen (secondary N) is 2. The summed E-state index contributed by atoms with van der Waals surface area (Å²) >= 11 is 0. The minimum atomic E-state index is 0.234. The first-order valence-electron chi connectivity index (χ1n) is 9.36. The third-order valence-electron chi connectivity index (χ3n) is 5.00. The SMILES string of the molecule is CC(Nc1ccc2ccnc(OCC3CCCN3)c2c1)c1ccccc1. The smallest absolute Gasteiger partial charge is 0.221 e. The average Bonchev–Trinajstić information content (AvgIpc) is 3.20. The highest BCUT2D eigenvalue weighted by Crippen LogP contribution is 2.28. The number of hydrogen-bond acceptors (Lipinski definition) is 4. The molecule has 2 N–H and O–H groups in total. The number of aromatic nitrogens is 1. The summed E-state index contributed by atoms with van der Waals surface area (Å²) in [6.45, 7) is 3.93. The van der Waals surface area contributed by atoms with Crippen LogP contribution in [-0.2, 0) is 0 Å². The van der Waals surface area contributed by atoms with Crippen molar-refractivity contribution in [3.63, 3.8) is 0 Å². The maximum atomic E-state index is 6.05. The highest BCUT2D eigenvalue weighted by atomic mass is 16.5. The Morgan fingerprint density at radius 1 is 1.19 bits per heavy atom. The summed E-state index contributed by atoms with van der Waals surface area (Å²) < 4.78 is 6.05. The fourth-order valence-corrected chi connectivity index (χ4v) is 3.50. The summed E-state index contributed by atoms with van der Waals surface area (Å²) in [5.74, 6) is 0.715. The number of anilines is 1. The third-order valence-corrected chi connectivity index (χ3v) is 5.00. The van der Waals surface area contributed by atoms with E-state index >= 15 is 0 Å². The van der Waals surface area contributed by atoms with Crippen LogP contribution in [0.1, 0.15) is 31.4 Å². The molecule has 2 unspecified atom stereocenters. The highest BCUT2D eigenvalue weighted by molar-refractivity contribution is 5.89. The Labute approximate surface area is 154 Å². The zero-order valence-electron chi connectivity index (χ0n) is 15.1. The molecule has 0 bridgehead atoms. The van der Waals surface area contributed by atoms with Gasteiger partial charge in [0.05, 0.1) is 0 Å². The van der Waals surface area contributed by atoms with Crippen LogP contribution in [0.15, 0.2) is 60.8 Å². The van der Waals surface area contributed by atoms with Gasteiger partial charge in [0.15, 0.2) is 0 Å². The molecule has 2 atom stereocenters. The van der Waals surface area contributed by atoms with Gasteiger partial charge in [0.2, 0.25) is 5.88 Å². The molecule has 134 valence electrons. The molecule has 2 aromatic carbocycles. The lowest BCUT2D eigenvalue weighted by Gasteiger charge is -2.17. The second-order valence-corrected chi connectivity index (χ2v) is 6.93. The molecule has 0 aliphatic carbocycles. The number of rotatable bonds is 6. The number of pyridine rings is 1. The monoisotopic (exact) mass is 347 g/mol. The Balaban J connectivity index is 1.54. The molecule has 1 aliphatic heterocycles. The van der Waals surface area contributed by atoms with Crippen LogP contribution in [-0.4, -0.2) is 24.2 Å². The van der Waals surface area contributed by atoms with E-state index in [4.69, 9.17) is 4.74 Å². The van der Waals surface area contributed by atoms with Gasteiger partial charge >= 0.3 is 0 Å². The molecular weight excluding hydrogens is 322 g/mol. The van der Waals surface area contributed by atoms with Crippen LogP contribution < -0.4 is 15.4 Å². The minimum Gasteiger partial charge on any atom is -0.476 e. The lowest BCUT2D eigenvalue weighted by atomic mass is 10.1. The van der Waals surface area contributed by atoms with E-state index < -0.39 is 0 Å². The van der Waals surface area contributed by atoms with Gasteiger partial charge in [-0.2, -0.15) is 0 Å². The Hall–Kier alpha value is -2.59. The van der Waals surface area contributed by atoms with Crippen LogP contribution in [0, 0.1) is 0 Å². The van der Waals surface area contributed by atoms with E-state index in [-0.39, 0.29) is 6.04 Å². The van der Waals surface area contributed by atoms with Gasteiger partial charge in [0.1, 0.15) is 6.61 Å². The Morgan fingerprint density at radius 3 is 2.88 bits per heavy atom. The highest BCUT2D eigenvalue weighted by Gasteiger charge is 2.15. The summed E-state index contributed by atoms with van der Waals surface area (Å²) in [6.07, 6.45) is 4.22. The number of fused-ring (bicyclic) bond motifs is 1. The second kappa shape index (κ2) is 7.75. The summed E-state index contributed by atoms with van der Waals surface area (Å²) in [5, 5.41) is 9.24. The topological polar surface area (TPSA) is 46.2 Å². The molecule has 1 aromatic heterocycles. The lowest BCUT2D eigenvalue weighted by molar-refractivity contribution is 0.271. The van der Waals surface area contributed by atoms with Crippen molar-refractivity contribution in [2.24, 2.45) is 0 Å². The van der Waals surface area contributed by atoms with Gasteiger partial charge in [-0.05, 0) is 55.5 Å². The first kappa shape index (κ1) is 16.9. The fraction of sp³-hybridized carbons (Fsp3) is 0.318. The molecule has 2 heterocycles. The van der Waals surface area contributed by atoms with Crippen LogP contribution >= 0.6 is 0 Å². The molecule has 4 rings (SSSR count). The minimum absolute atomic E-state index is 0.234. The molecule has 4 nitrogen and oxygen atoms in total. The van der Waals surface area contributed by atoms with Crippen molar-refractivity contribution in [2.45, 2.75) is 31.8 Å². The lowest BCUT2D eigenvalue weighted by Crippen LogP contribution is -2.28. The summed E-state index contributed by atoms with van der Waals surface area (Å²) in [7, 11) is 0. The van der Waals surface area contributed by atoms with E-state index in [1.165, 1.54) is 18.4 Å². The van der Waals surface area contributed by atoms with Gasteiger partial charge in [0.25, 0.3) is 0 Å². The van der Waals surface area contributed by atoms with Crippen molar-refractivity contribution in [1.29, 1.82) is 0 Å². The van der Waals surface area contributed by atoms with E-state index in [0.717, 1.165) is 23.0 Å². The van der Waals surface area contributed by atoms with Gasteiger partial charge in [-0.15, -0.1) is 0 Å². The maximum Gasteiger partial charge on any atom is 0.221 e. The molecule has 0 amide bonds. The quantitative estimate of drug-likeness (QED) is 0.687. The van der Waals surface area contributed by atoms with Crippen molar-refractivity contribution >= 4 is 16.5 Å². The first-order valence-corrected chi connectivity index (χ1v) is 9.36. The van der Waals surface area contributed by atoms with E-state index in [2.05, 4.69) is 65.0 Å². The van der Waals surface area contributed by atoms with Crippen molar-refractivity contribution in [2.75, 3.05) is 18.5 Å². The van der Waals surface area contributed by atoms with Crippen molar-refractivity contribution in [3.05, 3.63) is 66.4 Å². The van der Waals surface area contributed by atoms with Crippen LogP contribution in [0.25, 0.3) is 10.8 Å². The molecule has 0 saturated carbocycles. The first-order chi connectivity index (χ1) is 12.8. The molecule has 1 fully saturated rings. The van der Waals surface area contributed by atoms with Gasteiger partial charge in [-0.3, -0.25) is 0 Å². The number of benzene rings is 2. The summed E-state index contributed by atoms with van der Waals surface area (Å²) in [6, 6.07) is 19.5. The molecule has 0 spiro atoms. The van der Waals surface area contributed by atoms with Crippen LogP contribution in [0.2, 0.25) is 0 Å². The number of nitrogens with zero attached hydrogens (tertiary/aromatic N) is 1.